The van der Waals surface area contributed by atoms with Crippen LogP contribution in [0, 0.1) is 20.8 Å². The van der Waals surface area contributed by atoms with Crippen LogP contribution in [0.3, 0.4) is 0 Å². The summed E-state index contributed by atoms with van der Waals surface area (Å²) in [5.41, 5.74) is 5.77. The van der Waals surface area contributed by atoms with Crippen LogP contribution in [0.4, 0.5) is 0 Å². The lowest BCUT2D eigenvalue weighted by atomic mass is 10.1. The molecule has 10 heteroatoms. The maximum absolute atomic E-state index is 13.7. The van der Waals surface area contributed by atoms with Gasteiger partial charge in [0.2, 0.25) is 5.91 Å². The summed E-state index contributed by atoms with van der Waals surface area (Å²) in [5, 5.41) is 10.6. The summed E-state index contributed by atoms with van der Waals surface area (Å²) in [5.74, 6) is -0.191. The van der Waals surface area contributed by atoms with Crippen LogP contribution in [-0.4, -0.2) is 31.6 Å². The number of amides is 1. The third kappa shape index (κ3) is 5.25. The topological polar surface area (TPSA) is 81.3 Å². The fraction of sp³-hybridized carbons (Fsp3) is 0.214. The van der Waals surface area contributed by atoms with Gasteiger partial charge in [-0.2, -0.15) is 5.10 Å². The van der Waals surface area contributed by atoms with Crippen LogP contribution in [0.2, 0.25) is 10.0 Å². The smallest absolute Gasteiger partial charge is 0.268 e. The highest BCUT2D eigenvalue weighted by atomic mass is 35.5. The minimum atomic E-state index is -0.238. The predicted octanol–water partition coefficient (Wildman–Crippen LogP) is 5.74. The van der Waals surface area contributed by atoms with E-state index < -0.39 is 0 Å². The molecule has 0 atom stereocenters. The van der Waals surface area contributed by atoms with Gasteiger partial charge < -0.3 is 5.32 Å². The molecule has 0 unspecified atom stereocenters. The average Bonchev–Trinajstić information content (AvgIpc) is 3.43. The van der Waals surface area contributed by atoms with E-state index in [0.717, 1.165) is 22.5 Å². The number of aromatic nitrogens is 4. The van der Waals surface area contributed by atoms with Crippen molar-refractivity contribution >= 4 is 45.4 Å². The number of nitrogens with zero attached hydrogens (tertiary/aromatic N) is 4. The molecule has 0 spiro atoms. The minimum absolute atomic E-state index is 0.0508. The zero-order valence-corrected chi connectivity index (χ0v) is 23.4. The van der Waals surface area contributed by atoms with E-state index >= 15 is 0 Å². The Morgan fingerprint density at radius 3 is 2.66 bits per heavy atom. The maximum atomic E-state index is 13.7. The van der Waals surface area contributed by atoms with Crippen LogP contribution in [0.25, 0.3) is 21.9 Å². The van der Waals surface area contributed by atoms with Crippen molar-refractivity contribution in [2.45, 2.75) is 33.6 Å². The summed E-state index contributed by atoms with van der Waals surface area (Å²) in [6, 6.07) is 15.2. The Morgan fingerprint density at radius 1 is 1.08 bits per heavy atom. The number of thiazole rings is 1. The molecule has 2 aromatic carbocycles. The van der Waals surface area contributed by atoms with Crippen molar-refractivity contribution < 1.29 is 4.79 Å². The van der Waals surface area contributed by atoms with Gasteiger partial charge in [0.25, 0.3) is 5.56 Å². The summed E-state index contributed by atoms with van der Waals surface area (Å²) >= 11 is 13.5. The quantitative estimate of drug-likeness (QED) is 0.272. The van der Waals surface area contributed by atoms with Crippen molar-refractivity contribution in [3.63, 3.8) is 0 Å². The SMILES string of the molecule is Cc1cccc(-n2nc(-c3c(C)nc4scc(CC(=O)NCCc5ccc(Cl)cc5Cl)n4c3=O)cc2C)c1. The Balaban J connectivity index is 1.39. The van der Waals surface area contributed by atoms with Gasteiger partial charge in [-0.05, 0) is 68.7 Å². The highest BCUT2D eigenvalue weighted by molar-refractivity contribution is 7.15. The highest BCUT2D eigenvalue weighted by Gasteiger charge is 2.20. The van der Waals surface area contributed by atoms with E-state index in [-0.39, 0.29) is 17.9 Å². The standard InChI is InChI=1S/C28H25Cl2N5O2S/c1-16-5-4-6-21(11-16)35-17(2)12-24(33-35)26-18(3)32-28-34(27(26)37)22(15-38-28)14-25(36)31-10-9-19-7-8-20(29)13-23(19)30/h4-8,11-13,15H,9-10,14H2,1-3H3,(H,31,36). The van der Waals surface area contributed by atoms with E-state index in [2.05, 4.69) is 10.3 Å². The third-order valence-corrected chi connectivity index (χ3v) is 7.75. The highest BCUT2D eigenvalue weighted by Crippen LogP contribution is 2.24. The van der Waals surface area contributed by atoms with Gasteiger partial charge in [-0.3, -0.25) is 14.0 Å². The average molecular weight is 567 g/mol. The molecule has 7 nitrogen and oxygen atoms in total. The second-order valence-electron chi connectivity index (χ2n) is 9.16. The lowest BCUT2D eigenvalue weighted by Gasteiger charge is -2.08. The minimum Gasteiger partial charge on any atom is -0.355 e. The number of carbonyl (C=O) groups is 1. The normalized spacial score (nSPS) is 11.3. The molecule has 5 rings (SSSR count). The second kappa shape index (κ2) is 10.7. The van der Waals surface area contributed by atoms with Gasteiger partial charge in [-0.15, -0.1) is 11.3 Å². The molecule has 0 aliphatic rings. The zero-order chi connectivity index (χ0) is 27.0. The lowest BCUT2D eigenvalue weighted by Crippen LogP contribution is -2.29. The first kappa shape index (κ1) is 26.2. The number of halogens is 2. The van der Waals surface area contributed by atoms with Crippen LogP contribution < -0.4 is 10.9 Å². The van der Waals surface area contributed by atoms with E-state index in [1.807, 2.05) is 61.9 Å². The largest absolute Gasteiger partial charge is 0.355 e. The van der Waals surface area contributed by atoms with Gasteiger partial charge in [0, 0.05) is 33.4 Å². The summed E-state index contributed by atoms with van der Waals surface area (Å²) in [6.07, 6.45) is 0.620. The molecule has 1 N–H and O–H groups in total. The Morgan fingerprint density at radius 2 is 1.89 bits per heavy atom. The fourth-order valence-electron chi connectivity index (χ4n) is 4.43. The second-order valence-corrected chi connectivity index (χ2v) is 10.8. The molecule has 0 radical (unpaired) electrons. The number of rotatable bonds is 7. The predicted molar refractivity (Wildman–Crippen MR) is 153 cm³/mol. The summed E-state index contributed by atoms with van der Waals surface area (Å²) in [7, 11) is 0. The Labute approximate surface area is 233 Å². The molecule has 38 heavy (non-hydrogen) atoms. The Bertz CT molecular complexity index is 1740. The van der Waals surface area contributed by atoms with E-state index in [0.29, 0.717) is 50.6 Å². The van der Waals surface area contributed by atoms with E-state index in [9.17, 15) is 9.59 Å². The first-order chi connectivity index (χ1) is 18.2. The number of benzene rings is 2. The third-order valence-electron chi connectivity index (χ3n) is 6.28. The van der Waals surface area contributed by atoms with Gasteiger partial charge in [0.05, 0.1) is 23.4 Å². The van der Waals surface area contributed by atoms with Crippen molar-refractivity contribution in [1.29, 1.82) is 0 Å². The Hall–Kier alpha value is -3.46. The van der Waals surface area contributed by atoms with Crippen molar-refractivity contribution in [3.05, 3.63) is 103 Å². The van der Waals surface area contributed by atoms with E-state index in [1.165, 1.54) is 15.7 Å². The van der Waals surface area contributed by atoms with Gasteiger partial charge in [0.1, 0.15) is 5.69 Å². The molecular formula is C28H25Cl2N5O2S. The lowest BCUT2D eigenvalue weighted by molar-refractivity contribution is -0.120. The van der Waals surface area contributed by atoms with Gasteiger partial charge in [-0.25, -0.2) is 9.67 Å². The molecule has 0 saturated heterocycles. The molecule has 3 aromatic heterocycles. The molecule has 0 bridgehead atoms. The summed E-state index contributed by atoms with van der Waals surface area (Å²) < 4.78 is 3.34. The maximum Gasteiger partial charge on any atom is 0.268 e. The van der Waals surface area contributed by atoms with Gasteiger partial charge in [-0.1, -0.05) is 41.4 Å². The van der Waals surface area contributed by atoms with Crippen molar-refractivity contribution in [3.8, 4) is 16.9 Å². The number of nitrogens with one attached hydrogen (secondary N) is 1. The van der Waals surface area contributed by atoms with Crippen LogP contribution in [0.15, 0.2) is 58.7 Å². The van der Waals surface area contributed by atoms with Crippen molar-refractivity contribution in [2.75, 3.05) is 6.54 Å². The van der Waals surface area contributed by atoms with Crippen LogP contribution >= 0.6 is 34.5 Å². The molecule has 3 heterocycles. The molecule has 0 aliphatic carbocycles. The molecule has 0 aliphatic heterocycles. The Kier molecular flexibility index (Phi) is 7.38. The molecule has 1 amide bonds. The number of hydrogen-bond acceptors (Lipinski definition) is 5. The molecular weight excluding hydrogens is 541 g/mol. The van der Waals surface area contributed by atoms with Crippen molar-refractivity contribution in [2.24, 2.45) is 0 Å². The first-order valence-corrected chi connectivity index (χ1v) is 13.7. The van der Waals surface area contributed by atoms with Gasteiger partial charge >= 0.3 is 0 Å². The summed E-state index contributed by atoms with van der Waals surface area (Å²) in [4.78, 5) is 31.7. The fourth-order valence-corrected chi connectivity index (χ4v) is 5.86. The molecule has 0 fully saturated rings. The first-order valence-electron chi connectivity index (χ1n) is 12.1. The van der Waals surface area contributed by atoms with E-state index in [4.69, 9.17) is 28.3 Å². The number of aryl methyl sites for hydroxylation is 3. The van der Waals surface area contributed by atoms with Crippen molar-refractivity contribution in [1.82, 2.24) is 24.5 Å². The van der Waals surface area contributed by atoms with Crippen LogP contribution in [0.5, 0.6) is 0 Å². The van der Waals surface area contributed by atoms with Crippen LogP contribution in [0.1, 0.15) is 28.2 Å². The van der Waals surface area contributed by atoms with E-state index in [1.54, 1.807) is 17.5 Å². The van der Waals surface area contributed by atoms with Crippen LogP contribution in [-0.2, 0) is 17.6 Å². The molecule has 194 valence electrons. The number of carbonyl (C=O) groups excluding carboxylic acids is 1. The van der Waals surface area contributed by atoms with Gasteiger partial charge in [0.15, 0.2) is 4.96 Å². The monoisotopic (exact) mass is 565 g/mol. The summed E-state index contributed by atoms with van der Waals surface area (Å²) in [6.45, 7) is 6.20. The molecule has 0 saturated carbocycles. The molecule has 5 aromatic rings. The number of fused-ring (bicyclic) bond motifs is 1. The number of hydrogen-bond donors (Lipinski definition) is 1. The zero-order valence-electron chi connectivity index (χ0n) is 21.1.